The molecule has 2 fully saturated rings. The monoisotopic (exact) mass is 332 g/mol. The van der Waals surface area contributed by atoms with E-state index < -0.39 is 0 Å². The molecule has 2 aliphatic rings. The molecule has 0 aromatic carbocycles. The van der Waals surface area contributed by atoms with Crippen LogP contribution in [0.3, 0.4) is 0 Å². The summed E-state index contributed by atoms with van der Waals surface area (Å²) >= 11 is 3.69. The van der Waals surface area contributed by atoms with Gasteiger partial charge in [0.15, 0.2) is 0 Å². The molecule has 5 unspecified atom stereocenters. The molecule has 0 radical (unpaired) electrons. The summed E-state index contributed by atoms with van der Waals surface area (Å²) < 4.78 is 12.3. The molecule has 0 aromatic rings. The summed E-state index contributed by atoms with van der Waals surface area (Å²) in [5.41, 5.74) is 0.430. The van der Waals surface area contributed by atoms with E-state index >= 15 is 0 Å². The van der Waals surface area contributed by atoms with Crippen LogP contribution in [0.15, 0.2) is 0 Å². The number of halogens is 1. The molecule has 0 amide bonds. The first-order valence-corrected chi connectivity index (χ1v) is 8.74. The molecule has 2 rings (SSSR count). The molecule has 2 nitrogen and oxygen atoms in total. The van der Waals surface area contributed by atoms with Gasteiger partial charge in [-0.1, -0.05) is 43.6 Å². The molecule has 0 aliphatic heterocycles. The van der Waals surface area contributed by atoms with Crippen molar-refractivity contribution >= 4 is 15.9 Å². The SMILES string of the molecule is CCCOC1C(Br)CC1OC1CC(C)CC(C)(C)C1. The van der Waals surface area contributed by atoms with Gasteiger partial charge in [-0.3, -0.25) is 0 Å². The van der Waals surface area contributed by atoms with Gasteiger partial charge in [0.1, 0.15) is 0 Å². The van der Waals surface area contributed by atoms with E-state index in [1.54, 1.807) is 0 Å². The van der Waals surface area contributed by atoms with Crippen LogP contribution in [0.25, 0.3) is 0 Å². The molecule has 3 heteroatoms. The smallest absolute Gasteiger partial charge is 0.0962 e. The fourth-order valence-corrected chi connectivity index (χ4v) is 4.60. The van der Waals surface area contributed by atoms with Crippen LogP contribution >= 0.6 is 15.9 Å². The third-order valence-corrected chi connectivity index (χ3v) is 5.30. The van der Waals surface area contributed by atoms with Gasteiger partial charge in [0.2, 0.25) is 0 Å². The van der Waals surface area contributed by atoms with Crippen LogP contribution in [0.1, 0.15) is 59.8 Å². The van der Waals surface area contributed by atoms with E-state index in [4.69, 9.17) is 9.47 Å². The zero-order valence-corrected chi connectivity index (χ0v) is 14.4. The Hall–Kier alpha value is 0.400. The number of rotatable bonds is 5. The Bertz CT molecular complexity index is 292. The lowest BCUT2D eigenvalue weighted by atomic mass is 9.71. The molecule has 0 heterocycles. The summed E-state index contributed by atoms with van der Waals surface area (Å²) in [6.45, 7) is 10.1. The lowest BCUT2D eigenvalue weighted by molar-refractivity contribution is -0.162. The fraction of sp³-hybridized carbons (Fsp3) is 1.00. The molecule has 2 saturated carbocycles. The number of alkyl halides is 1. The highest BCUT2D eigenvalue weighted by molar-refractivity contribution is 9.09. The van der Waals surface area contributed by atoms with Gasteiger partial charge in [-0.25, -0.2) is 0 Å². The maximum Gasteiger partial charge on any atom is 0.0962 e. The van der Waals surface area contributed by atoms with Crippen LogP contribution in [0.4, 0.5) is 0 Å². The Balaban J connectivity index is 1.83. The minimum Gasteiger partial charge on any atom is -0.374 e. The average Bonchev–Trinajstić information content (AvgIpc) is 2.26. The highest BCUT2D eigenvalue weighted by atomic mass is 79.9. The largest absolute Gasteiger partial charge is 0.374 e. The maximum absolute atomic E-state index is 6.36. The second-order valence-electron chi connectivity index (χ2n) is 7.30. The third-order valence-electron chi connectivity index (χ3n) is 4.41. The van der Waals surface area contributed by atoms with E-state index in [9.17, 15) is 0 Å². The van der Waals surface area contributed by atoms with Crippen molar-refractivity contribution < 1.29 is 9.47 Å². The quantitative estimate of drug-likeness (QED) is 0.687. The zero-order chi connectivity index (χ0) is 14.0. The molecule has 2 aliphatic carbocycles. The van der Waals surface area contributed by atoms with E-state index in [1.807, 2.05) is 0 Å². The molecular formula is C16H29BrO2. The Kier molecular flexibility index (Phi) is 5.35. The van der Waals surface area contributed by atoms with E-state index in [0.29, 0.717) is 22.5 Å². The van der Waals surface area contributed by atoms with Crippen molar-refractivity contribution in [2.75, 3.05) is 6.61 Å². The normalized spacial score (nSPS) is 41.8. The third kappa shape index (κ3) is 4.18. The van der Waals surface area contributed by atoms with Gasteiger partial charge in [0.05, 0.1) is 18.3 Å². The summed E-state index contributed by atoms with van der Waals surface area (Å²) in [4.78, 5) is 0.484. The molecule has 19 heavy (non-hydrogen) atoms. The Morgan fingerprint density at radius 3 is 2.53 bits per heavy atom. The van der Waals surface area contributed by atoms with Gasteiger partial charge in [-0.15, -0.1) is 0 Å². The number of hydrogen-bond acceptors (Lipinski definition) is 2. The predicted octanol–water partition coefficient (Wildman–Crippen LogP) is 4.55. The Labute approximate surface area is 126 Å². The molecular weight excluding hydrogens is 304 g/mol. The van der Waals surface area contributed by atoms with Crippen molar-refractivity contribution in [3.63, 3.8) is 0 Å². The lowest BCUT2D eigenvalue weighted by Crippen LogP contribution is -2.53. The minimum absolute atomic E-state index is 0.264. The molecule has 0 spiro atoms. The van der Waals surface area contributed by atoms with Gasteiger partial charge in [0, 0.05) is 11.4 Å². The van der Waals surface area contributed by atoms with Crippen LogP contribution < -0.4 is 0 Å². The second-order valence-corrected chi connectivity index (χ2v) is 8.47. The second kappa shape index (κ2) is 6.44. The molecule has 0 N–H and O–H groups in total. The maximum atomic E-state index is 6.36. The van der Waals surface area contributed by atoms with Crippen molar-refractivity contribution in [3.8, 4) is 0 Å². The summed E-state index contributed by atoms with van der Waals surface area (Å²) in [7, 11) is 0. The predicted molar refractivity (Wildman–Crippen MR) is 82.8 cm³/mol. The molecule has 0 bridgehead atoms. The van der Waals surface area contributed by atoms with Crippen LogP contribution in [0.5, 0.6) is 0 Å². The molecule has 0 aromatic heterocycles. The van der Waals surface area contributed by atoms with E-state index in [-0.39, 0.29) is 6.10 Å². The molecule has 5 atom stereocenters. The zero-order valence-electron chi connectivity index (χ0n) is 12.8. The van der Waals surface area contributed by atoms with Gasteiger partial charge in [0.25, 0.3) is 0 Å². The molecule has 0 saturated heterocycles. The lowest BCUT2D eigenvalue weighted by Gasteiger charge is -2.46. The summed E-state index contributed by atoms with van der Waals surface area (Å²) in [6, 6.07) is 0. The average molecular weight is 333 g/mol. The van der Waals surface area contributed by atoms with Crippen molar-refractivity contribution in [2.24, 2.45) is 11.3 Å². The first-order valence-electron chi connectivity index (χ1n) is 7.82. The van der Waals surface area contributed by atoms with E-state index in [0.717, 1.165) is 25.4 Å². The van der Waals surface area contributed by atoms with Crippen molar-refractivity contribution in [3.05, 3.63) is 0 Å². The topological polar surface area (TPSA) is 18.5 Å². The Morgan fingerprint density at radius 2 is 1.95 bits per heavy atom. The summed E-state index contributed by atoms with van der Waals surface area (Å²) in [5.74, 6) is 0.781. The standard InChI is InChI=1S/C16H29BrO2/c1-5-6-18-15-13(17)8-14(15)19-12-7-11(2)9-16(3,4)10-12/h11-15H,5-10H2,1-4H3. The van der Waals surface area contributed by atoms with Gasteiger partial charge in [-0.05, 0) is 43.4 Å². The summed E-state index contributed by atoms with van der Waals surface area (Å²) in [5, 5.41) is 0. The number of ether oxygens (including phenoxy) is 2. The van der Waals surface area contributed by atoms with Gasteiger partial charge in [-0.2, -0.15) is 0 Å². The highest BCUT2D eigenvalue weighted by Gasteiger charge is 2.44. The minimum atomic E-state index is 0.264. The first kappa shape index (κ1) is 15.8. The van der Waals surface area contributed by atoms with Crippen LogP contribution in [0.2, 0.25) is 0 Å². The van der Waals surface area contributed by atoms with Crippen LogP contribution in [0, 0.1) is 11.3 Å². The van der Waals surface area contributed by atoms with Crippen molar-refractivity contribution in [1.82, 2.24) is 0 Å². The van der Waals surface area contributed by atoms with E-state index in [2.05, 4.69) is 43.6 Å². The highest BCUT2D eigenvalue weighted by Crippen LogP contribution is 2.42. The first-order chi connectivity index (χ1) is 8.91. The fourth-order valence-electron chi connectivity index (χ4n) is 3.74. The Morgan fingerprint density at radius 1 is 1.21 bits per heavy atom. The van der Waals surface area contributed by atoms with Gasteiger partial charge < -0.3 is 9.47 Å². The number of hydrogen-bond donors (Lipinski definition) is 0. The van der Waals surface area contributed by atoms with Crippen LogP contribution in [-0.4, -0.2) is 29.7 Å². The van der Waals surface area contributed by atoms with Crippen molar-refractivity contribution in [1.29, 1.82) is 0 Å². The molecule has 112 valence electrons. The van der Waals surface area contributed by atoms with Crippen LogP contribution in [-0.2, 0) is 9.47 Å². The van der Waals surface area contributed by atoms with E-state index in [1.165, 1.54) is 19.3 Å². The summed E-state index contributed by atoms with van der Waals surface area (Å²) in [6.07, 6.45) is 6.91. The van der Waals surface area contributed by atoms with Crippen molar-refractivity contribution in [2.45, 2.75) is 82.9 Å². The van der Waals surface area contributed by atoms with Gasteiger partial charge >= 0.3 is 0 Å².